The lowest BCUT2D eigenvalue weighted by atomic mass is 10.2. The summed E-state index contributed by atoms with van der Waals surface area (Å²) < 4.78 is 5.47. The number of ether oxygens (including phenoxy) is 1. The second-order valence-electron chi connectivity index (χ2n) is 6.03. The van der Waals surface area contributed by atoms with Gasteiger partial charge in [-0.15, -0.1) is 0 Å². The maximum absolute atomic E-state index is 11.1. The molecule has 0 bridgehead atoms. The van der Waals surface area contributed by atoms with Crippen molar-refractivity contribution in [3.05, 3.63) is 53.7 Å². The number of carboxylic acid groups (broad SMARTS) is 1. The van der Waals surface area contributed by atoms with Gasteiger partial charge in [0, 0.05) is 32.7 Å². The Morgan fingerprint density at radius 3 is 2.48 bits per heavy atom. The molecule has 25 heavy (non-hydrogen) atoms. The van der Waals surface area contributed by atoms with Crippen LogP contribution in [0.2, 0.25) is 0 Å². The standard InChI is InChI=1S/C19H23N3O3/c1-2-25-16-8-6-15(7-9-16)14-21-10-12-22(13-11-21)18-5-3-4-17(20-18)19(23)24/h3-9H,2,10-14H2,1H3,(H,23,24). The summed E-state index contributed by atoms with van der Waals surface area (Å²) in [4.78, 5) is 19.8. The highest BCUT2D eigenvalue weighted by atomic mass is 16.5. The summed E-state index contributed by atoms with van der Waals surface area (Å²) in [5.41, 5.74) is 1.36. The number of carbonyl (C=O) groups is 1. The normalized spacial score (nSPS) is 15.2. The van der Waals surface area contributed by atoms with Gasteiger partial charge < -0.3 is 14.7 Å². The van der Waals surface area contributed by atoms with E-state index >= 15 is 0 Å². The van der Waals surface area contributed by atoms with E-state index in [4.69, 9.17) is 9.84 Å². The number of aromatic carboxylic acids is 1. The van der Waals surface area contributed by atoms with Gasteiger partial charge in [0.15, 0.2) is 5.69 Å². The van der Waals surface area contributed by atoms with Gasteiger partial charge in [-0.1, -0.05) is 18.2 Å². The molecule has 0 spiro atoms. The number of benzene rings is 1. The minimum absolute atomic E-state index is 0.0920. The predicted octanol–water partition coefficient (Wildman–Crippen LogP) is 2.50. The van der Waals surface area contributed by atoms with Crippen molar-refractivity contribution in [1.29, 1.82) is 0 Å². The smallest absolute Gasteiger partial charge is 0.354 e. The zero-order valence-electron chi connectivity index (χ0n) is 14.4. The van der Waals surface area contributed by atoms with Crippen LogP contribution in [0.5, 0.6) is 5.75 Å². The molecule has 0 radical (unpaired) electrons. The zero-order chi connectivity index (χ0) is 17.6. The summed E-state index contributed by atoms with van der Waals surface area (Å²) in [5.74, 6) is 0.650. The molecular formula is C19H23N3O3. The molecule has 1 aliphatic heterocycles. The lowest BCUT2D eigenvalue weighted by molar-refractivity contribution is 0.0690. The van der Waals surface area contributed by atoms with E-state index in [9.17, 15) is 4.79 Å². The number of aromatic nitrogens is 1. The quantitative estimate of drug-likeness (QED) is 0.871. The Hall–Kier alpha value is -2.60. The summed E-state index contributed by atoms with van der Waals surface area (Å²) in [6, 6.07) is 13.4. The Bertz CT molecular complexity index is 710. The van der Waals surface area contributed by atoms with Crippen LogP contribution in [0.1, 0.15) is 23.0 Å². The van der Waals surface area contributed by atoms with Gasteiger partial charge in [0.1, 0.15) is 11.6 Å². The van der Waals surface area contributed by atoms with Crippen LogP contribution in [0, 0.1) is 0 Å². The molecule has 3 rings (SSSR count). The van der Waals surface area contributed by atoms with Gasteiger partial charge in [-0.2, -0.15) is 0 Å². The molecule has 132 valence electrons. The van der Waals surface area contributed by atoms with E-state index in [0.29, 0.717) is 6.61 Å². The summed E-state index contributed by atoms with van der Waals surface area (Å²) in [6.07, 6.45) is 0. The summed E-state index contributed by atoms with van der Waals surface area (Å²) >= 11 is 0. The highest BCUT2D eigenvalue weighted by Gasteiger charge is 2.19. The Balaban J connectivity index is 1.55. The number of anilines is 1. The van der Waals surface area contributed by atoms with E-state index in [0.717, 1.165) is 44.3 Å². The molecule has 1 saturated heterocycles. The number of rotatable bonds is 6. The molecule has 0 aliphatic carbocycles. The number of nitrogens with zero attached hydrogens (tertiary/aromatic N) is 3. The number of hydrogen-bond donors (Lipinski definition) is 1. The van der Waals surface area contributed by atoms with E-state index in [-0.39, 0.29) is 5.69 Å². The van der Waals surface area contributed by atoms with Gasteiger partial charge in [0.25, 0.3) is 0 Å². The molecule has 1 aromatic heterocycles. The first-order valence-electron chi connectivity index (χ1n) is 8.55. The minimum Gasteiger partial charge on any atom is -0.494 e. The summed E-state index contributed by atoms with van der Waals surface area (Å²) in [5, 5.41) is 9.07. The zero-order valence-corrected chi connectivity index (χ0v) is 14.4. The molecular weight excluding hydrogens is 318 g/mol. The van der Waals surface area contributed by atoms with Gasteiger partial charge >= 0.3 is 5.97 Å². The van der Waals surface area contributed by atoms with Gasteiger partial charge in [-0.3, -0.25) is 4.90 Å². The first-order chi connectivity index (χ1) is 12.2. The first kappa shape index (κ1) is 17.2. The molecule has 0 saturated carbocycles. The van der Waals surface area contributed by atoms with Gasteiger partial charge in [-0.05, 0) is 36.8 Å². The fourth-order valence-electron chi connectivity index (χ4n) is 2.97. The Labute approximate surface area is 147 Å². The maximum Gasteiger partial charge on any atom is 0.354 e. The Morgan fingerprint density at radius 2 is 1.84 bits per heavy atom. The monoisotopic (exact) mass is 341 g/mol. The molecule has 1 aliphatic rings. The number of hydrogen-bond acceptors (Lipinski definition) is 5. The number of piperazine rings is 1. The van der Waals surface area contributed by atoms with Crippen molar-refractivity contribution in [3.63, 3.8) is 0 Å². The molecule has 2 aromatic rings. The van der Waals surface area contributed by atoms with Gasteiger partial charge in [0.05, 0.1) is 6.61 Å². The van der Waals surface area contributed by atoms with Crippen molar-refractivity contribution in [3.8, 4) is 5.75 Å². The van der Waals surface area contributed by atoms with E-state index in [2.05, 4.69) is 26.9 Å². The maximum atomic E-state index is 11.1. The third-order valence-corrected chi connectivity index (χ3v) is 4.29. The van der Waals surface area contributed by atoms with Crippen LogP contribution in [0.25, 0.3) is 0 Å². The lowest BCUT2D eigenvalue weighted by Crippen LogP contribution is -2.46. The van der Waals surface area contributed by atoms with Crippen molar-refractivity contribution in [1.82, 2.24) is 9.88 Å². The summed E-state index contributed by atoms with van der Waals surface area (Å²) in [6.45, 7) is 7.09. The topological polar surface area (TPSA) is 65.9 Å². The fraction of sp³-hybridized carbons (Fsp3) is 0.368. The third kappa shape index (κ3) is 4.48. The molecule has 0 amide bonds. The molecule has 1 N–H and O–H groups in total. The molecule has 6 nitrogen and oxygen atoms in total. The van der Waals surface area contributed by atoms with E-state index in [1.165, 1.54) is 11.6 Å². The van der Waals surface area contributed by atoms with E-state index < -0.39 is 5.97 Å². The molecule has 2 heterocycles. The highest BCUT2D eigenvalue weighted by Crippen LogP contribution is 2.17. The van der Waals surface area contributed by atoms with Crippen LogP contribution in [0.3, 0.4) is 0 Å². The predicted molar refractivity (Wildman–Crippen MR) is 96.3 cm³/mol. The van der Waals surface area contributed by atoms with Crippen LogP contribution in [0.4, 0.5) is 5.82 Å². The lowest BCUT2D eigenvalue weighted by Gasteiger charge is -2.35. The van der Waals surface area contributed by atoms with Crippen LogP contribution >= 0.6 is 0 Å². The number of pyridine rings is 1. The van der Waals surface area contributed by atoms with E-state index in [1.807, 2.05) is 25.1 Å². The largest absolute Gasteiger partial charge is 0.494 e. The molecule has 0 unspecified atom stereocenters. The Kier molecular flexibility index (Phi) is 5.50. The second-order valence-corrected chi connectivity index (χ2v) is 6.03. The van der Waals surface area contributed by atoms with Crippen LogP contribution < -0.4 is 9.64 Å². The van der Waals surface area contributed by atoms with Crippen molar-refractivity contribution in [2.24, 2.45) is 0 Å². The fourth-order valence-corrected chi connectivity index (χ4v) is 2.97. The van der Waals surface area contributed by atoms with Crippen molar-refractivity contribution in [2.75, 3.05) is 37.7 Å². The average Bonchev–Trinajstić information content (AvgIpc) is 2.64. The number of carboxylic acids is 1. The van der Waals surface area contributed by atoms with Gasteiger partial charge in [-0.25, -0.2) is 9.78 Å². The summed E-state index contributed by atoms with van der Waals surface area (Å²) in [7, 11) is 0. The van der Waals surface area contributed by atoms with Crippen molar-refractivity contribution >= 4 is 11.8 Å². The van der Waals surface area contributed by atoms with E-state index in [1.54, 1.807) is 6.07 Å². The van der Waals surface area contributed by atoms with Crippen molar-refractivity contribution in [2.45, 2.75) is 13.5 Å². The third-order valence-electron chi connectivity index (χ3n) is 4.29. The second kappa shape index (κ2) is 7.98. The first-order valence-corrected chi connectivity index (χ1v) is 8.55. The van der Waals surface area contributed by atoms with Crippen LogP contribution in [-0.2, 0) is 6.54 Å². The highest BCUT2D eigenvalue weighted by molar-refractivity contribution is 5.85. The van der Waals surface area contributed by atoms with Crippen LogP contribution in [-0.4, -0.2) is 53.7 Å². The SMILES string of the molecule is CCOc1ccc(CN2CCN(c3cccc(C(=O)O)n3)CC2)cc1. The minimum atomic E-state index is -0.990. The molecule has 1 aromatic carbocycles. The molecule has 6 heteroatoms. The van der Waals surface area contributed by atoms with Crippen molar-refractivity contribution < 1.29 is 14.6 Å². The Morgan fingerprint density at radius 1 is 1.12 bits per heavy atom. The van der Waals surface area contributed by atoms with Crippen LogP contribution in [0.15, 0.2) is 42.5 Å². The average molecular weight is 341 g/mol. The molecule has 0 atom stereocenters. The van der Waals surface area contributed by atoms with Gasteiger partial charge in [0.2, 0.25) is 0 Å². The molecule has 1 fully saturated rings.